The van der Waals surface area contributed by atoms with Gasteiger partial charge in [0.25, 0.3) is 0 Å². The van der Waals surface area contributed by atoms with Crippen molar-refractivity contribution in [3.8, 4) is 0 Å². The molecular formula is C11H11NO2S. The number of hydrogen-bond donors (Lipinski definition) is 1. The van der Waals surface area contributed by atoms with E-state index in [0.717, 1.165) is 16.1 Å². The molecular weight excluding hydrogens is 210 g/mol. The smallest absolute Gasteiger partial charge is 0.234 e. The van der Waals surface area contributed by atoms with E-state index in [4.69, 9.17) is 4.74 Å². The van der Waals surface area contributed by atoms with E-state index in [1.807, 2.05) is 6.07 Å². The van der Waals surface area contributed by atoms with Gasteiger partial charge in [-0.25, -0.2) is 0 Å². The minimum Gasteiger partial charge on any atom is -0.365 e. The molecule has 1 N–H and O–H groups in total. The van der Waals surface area contributed by atoms with Crippen molar-refractivity contribution >= 4 is 23.4 Å². The molecule has 0 saturated carbocycles. The summed E-state index contributed by atoms with van der Waals surface area (Å²) in [5.74, 6) is 0.595. The van der Waals surface area contributed by atoms with Crippen LogP contribution >= 0.6 is 11.8 Å². The molecule has 1 amide bonds. The summed E-state index contributed by atoms with van der Waals surface area (Å²) < 4.78 is 5.40. The largest absolute Gasteiger partial charge is 0.365 e. The zero-order chi connectivity index (χ0) is 10.4. The van der Waals surface area contributed by atoms with E-state index in [9.17, 15) is 4.79 Å². The van der Waals surface area contributed by atoms with Crippen LogP contribution in [-0.4, -0.2) is 17.8 Å². The quantitative estimate of drug-likeness (QED) is 0.739. The first kappa shape index (κ1) is 9.24. The van der Waals surface area contributed by atoms with Crippen molar-refractivity contribution in [3.05, 3.63) is 23.8 Å². The molecule has 2 aliphatic heterocycles. The number of ether oxygens (including phenoxy) is 1. The van der Waals surface area contributed by atoms with Crippen molar-refractivity contribution in [1.82, 2.24) is 0 Å². The number of epoxide rings is 1. The molecule has 2 atom stereocenters. The van der Waals surface area contributed by atoms with Crippen LogP contribution in [0.2, 0.25) is 0 Å². The minimum absolute atomic E-state index is 0.0782. The van der Waals surface area contributed by atoms with Gasteiger partial charge in [0.2, 0.25) is 5.91 Å². The number of amides is 1. The van der Waals surface area contributed by atoms with Crippen molar-refractivity contribution < 1.29 is 9.53 Å². The molecule has 15 heavy (non-hydrogen) atoms. The molecule has 0 radical (unpaired) electrons. The van der Waals surface area contributed by atoms with E-state index in [0.29, 0.717) is 11.9 Å². The highest BCUT2D eigenvalue weighted by atomic mass is 32.2. The van der Waals surface area contributed by atoms with Crippen LogP contribution in [0.15, 0.2) is 23.1 Å². The number of thioether (sulfide) groups is 1. The van der Waals surface area contributed by atoms with Gasteiger partial charge >= 0.3 is 0 Å². The van der Waals surface area contributed by atoms with Crippen LogP contribution in [0.1, 0.15) is 18.6 Å². The van der Waals surface area contributed by atoms with Crippen LogP contribution < -0.4 is 5.32 Å². The Balaban J connectivity index is 1.94. The average Bonchev–Trinajstić information content (AvgIpc) is 2.94. The fourth-order valence-electron chi connectivity index (χ4n) is 1.81. The summed E-state index contributed by atoms with van der Waals surface area (Å²) in [6.07, 6.45) is 0.536. The molecule has 0 spiro atoms. The molecule has 4 heteroatoms. The molecule has 1 aromatic carbocycles. The second kappa shape index (κ2) is 3.25. The molecule has 2 heterocycles. The lowest BCUT2D eigenvalue weighted by atomic mass is 10.1. The third-order valence-electron chi connectivity index (χ3n) is 2.68. The molecule has 1 aromatic rings. The molecule has 2 unspecified atom stereocenters. The number of benzene rings is 1. The van der Waals surface area contributed by atoms with Crippen molar-refractivity contribution in [2.24, 2.45) is 0 Å². The van der Waals surface area contributed by atoms with Gasteiger partial charge in [-0.05, 0) is 24.6 Å². The molecule has 3 nitrogen and oxygen atoms in total. The van der Waals surface area contributed by atoms with Gasteiger partial charge < -0.3 is 10.1 Å². The summed E-state index contributed by atoms with van der Waals surface area (Å²) in [4.78, 5) is 12.4. The lowest BCUT2D eigenvalue weighted by molar-refractivity contribution is -0.113. The van der Waals surface area contributed by atoms with E-state index >= 15 is 0 Å². The van der Waals surface area contributed by atoms with E-state index < -0.39 is 0 Å². The summed E-state index contributed by atoms with van der Waals surface area (Å²) in [6.45, 7) is 2.05. The average molecular weight is 221 g/mol. The first-order chi connectivity index (χ1) is 7.24. The predicted molar refractivity (Wildman–Crippen MR) is 59.1 cm³/mol. The number of hydrogen-bond acceptors (Lipinski definition) is 3. The monoisotopic (exact) mass is 221 g/mol. The normalized spacial score (nSPS) is 28.2. The van der Waals surface area contributed by atoms with E-state index in [-0.39, 0.29) is 12.0 Å². The Morgan fingerprint density at radius 3 is 3.07 bits per heavy atom. The van der Waals surface area contributed by atoms with Crippen molar-refractivity contribution in [2.75, 3.05) is 11.1 Å². The van der Waals surface area contributed by atoms with Gasteiger partial charge in [-0.1, -0.05) is 6.07 Å². The molecule has 0 bridgehead atoms. The summed E-state index contributed by atoms with van der Waals surface area (Å²) in [5, 5.41) is 2.88. The van der Waals surface area contributed by atoms with Crippen LogP contribution in [0.25, 0.3) is 0 Å². The highest BCUT2D eigenvalue weighted by Crippen LogP contribution is 2.41. The topological polar surface area (TPSA) is 41.6 Å². The van der Waals surface area contributed by atoms with Crippen molar-refractivity contribution in [1.29, 1.82) is 0 Å². The summed E-state index contributed by atoms with van der Waals surface area (Å²) in [5.41, 5.74) is 2.08. The first-order valence-corrected chi connectivity index (χ1v) is 5.94. The molecule has 78 valence electrons. The second-order valence-electron chi connectivity index (χ2n) is 3.85. The Morgan fingerprint density at radius 2 is 2.33 bits per heavy atom. The Kier molecular flexibility index (Phi) is 2.00. The van der Waals surface area contributed by atoms with Crippen molar-refractivity contribution in [2.45, 2.75) is 24.0 Å². The second-order valence-corrected chi connectivity index (χ2v) is 4.87. The number of rotatable bonds is 1. The summed E-state index contributed by atoms with van der Waals surface area (Å²) in [6, 6.07) is 6.16. The minimum atomic E-state index is 0.0782. The Labute approximate surface area is 92.2 Å². The number of fused-ring (bicyclic) bond motifs is 1. The molecule has 0 aromatic heterocycles. The van der Waals surface area contributed by atoms with Gasteiger partial charge in [0.15, 0.2) is 0 Å². The van der Waals surface area contributed by atoms with Crippen LogP contribution in [0.4, 0.5) is 5.69 Å². The molecule has 0 aliphatic carbocycles. The van der Waals surface area contributed by atoms with Gasteiger partial charge in [0.1, 0.15) is 6.10 Å². The lowest BCUT2D eigenvalue weighted by Gasteiger charge is -2.16. The predicted octanol–water partition coefficient (Wildman–Crippen LogP) is 2.19. The lowest BCUT2D eigenvalue weighted by Crippen LogP contribution is -2.18. The van der Waals surface area contributed by atoms with Crippen LogP contribution in [0.5, 0.6) is 0 Å². The highest BCUT2D eigenvalue weighted by Gasteiger charge is 2.36. The number of nitrogens with one attached hydrogen (secondary N) is 1. The SMILES string of the molecule is CC1OC1c1ccc2c(c1)NC(=O)CS2. The van der Waals surface area contributed by atoms with Gasteiger partial charge in [-0.2, -0.15) is 0 Å². The van der Waals surface area contributed by atoms with Crippen LogP contribution in [0.3, 0.4) is 0 Å². The molecule has 2 aliphatic rings. The number of carbonyl (C=O) groups excluding carboxylic acids is 1. The van der Waals surface area contributed by atoms with E-state index in [1.165, 1.54) is 0 Å². The van der Waals surface area contributed by atoms with E-state index in [2.05, 4.69) is 24.4 Å². The molecule has 1 saturated heterocycles. The van der Waals surface area contributed by atoms with Crippen LogP contribution in [0, 0.1) is 0 Å². The molecule has 1 fully saturated rings. The Bertz CT molecular complexity index is 433. The number of anilines is 1. The maximum absolute atomic E-state index is 11.2. The first-order valence-electron chi connectivity index (χ1n) is 4.96. The third kappa shape index (κ3) is 1.64. The summed E-state index contributed by atoms with van der Waals surface area (Å²) in [7, 11) is 0. The Morgan fingerprint density at radius 1 is 1.53 bits per heavy atom. The van der Waals surface area contributed by atoms with Gasteiger partial charge in [0.05, 0.1) is 17.5 Å². The third-order valence-corrected chi connectivity index (χ3v) is 3.75. The van der Waals surface area contributed by atoms with Gasteiger partial charge in [-0.15, -0.1) is 11.8 Å². The fourth-order valence-corrected chi connectivity index (χ4v) is 2.60. The zero-order valence-corrected chi connectivity index (χ0v) is 9.14. The fraction of sp³-hybridized carbons (Fsp3) is 0.364. The summed E-state index contributed by atoms with van der Waals surface area (Å²) >= 11 is 1.59. The van der Waals surface area contributed by atoms with Crippen molar-refractivity contribution in [3.63, 3.8) is 0 Å². The maximum atomic E-state index is 11.2. The maximum Gasteiger partial charge on any atom is 0.234 e. The standard InChI is InChI=1S/C11H11NO2S/c1-6-11(14-6)7-2-3-9-8(4-7)12-10(13)5-15-9/h2-4,6,11H,5H2,1H3,(H,12,13). The number of carbonyl (C=O) groups is 1. The van der Waals surface area contributed by atoms with E-state index in [1.54, 1.807) is 11.8 Å². The zero-order valence-electron chi connectivity index (χ0n) is 8.32. The van der Waals surface area contributed by atoms with Crippen LogP contribution in [-0.2, 0) is 9.53 Å². The highest BCUT2D eigenvalue weighted by molar-refractivity contribution is 8.00. The van der Waals surface area contributed by atoms with Gasteiger partial charge in [-0.3, -0.25) is 4.79 Å². The molecule has 3 rings (SSSR count). The van der Waals surface area contributed by atoms with Gasteiger partial charge in [0, 0.05) is 4.90 Å². The Hall–Kier alpha value is -1.000.